The van der Waals surface area contributed by atoms with Crippen LogP contribution >= 0.6 is 59.1 Å². The van der Waals surface area contributed by atoms with Crippen LogP contribution in [0.2, 0.25) is 0 Å². The zero-order valence-corrected chi connectivity index (χ0v) is 15.2. The van der Waals surface area contributed by atoms with E-state index < -0.39 is 0 Å². The van der Waals surface area contributed by atoms with E-state index in [1.165, 1.54) is 11.1 Å². The van der Waals surface area contributed by atoms with Gasteiger partial charge in [0.2, 0.25) is 0 Å². The maximum atomic E-state index is 4.20. The normalized spacial score (nSPS) is 12.7. The number of thiophene rings is 1. The standard InChI is InChI=1S/C12H11Br3N2S/c1-16-10(9-4-11(14)18-12(9)15)3-7-2-8(13)6-17-5-7/h2,4-6,10,16H,3H2,1H3. The number of aromatic nitrogens is 1. The molecule has 96 valence electrons. The zero-order chi connectivity index (χ0) is 13.1. The van der Waals surface area contributed by atoms with E-state index in [9.17, 15) is 0 Å². The van der Waals surface area contributed by atoms with Gasteiger partial charge >= 0.3 is 0 Å². The molecule has 0 aliphatic carbocycles. The Morgan fingerprint density at radius 3 is 2.61 bits per heavy atom. The van der Waals surface area contributed by atoms with Crippen LogP contribution in [0.5, 0.6) is 0 Å². The van der Waals surface area contributed by atoms with E-state index in [0.717, 1.165) is 18.5 Å². The van der Waals surface area contributed by atoms with Gasteiger partial charge in [-0.2, -0.15) is 0 Å². The van der Waals surface area contributed by atoms with Gasteiger partial charge in [-0.3, -0.25) is 4.98 Å². The van der Waals surface area contributed by atoms with Crippen molar-refractivity contribution in [2.75, 3.05) is 7.05 Å². The van der Waals surface area contributed by atoms with Crippen molar-refractivity contribution < 1.29 is 0 Å². The number of nitrogens with one attached hydrogen (secondary N) is 1. The maximum absolute atomic E-state index is 4.20. The molecule has 2 heterocycles. The average molecular weight is 455 g/mol. The average Bonchev–Trinajstić information content (AvgIpc) is 2.65. The lowest BCUT2D eigenvalue weighted by molar-refractivity contribution is 0.591. The van der Waals surface area contributed by atoms with Crippen LogP contribution in [0.4, 0.5) is 0 Å². The Bertz CT molecular complexity index is 542. The van der Waals surface area contributed by atoms with Crippen LogP contribution in [0.15, 0.2) is 36.6 Å². The maximum Gasteiger partial charge on any atom is 0.0758 e. The number of pyridine rings is 1. The minimum absolute atomic E-state index is 0.276. The topological polar surface area (TPSA) is 24.9 Å². The Labute approximate surface area is 136 Å². The first-order chi connectivity index (χ1) is 8.60. The molecule has 2 nitrogen and oxygen atoms in total. The van der Waals surface area contributed by atoms with E-state index >= 15 is 0 Å². The fourth-order valence-corrected chi connectivity index (χ4v) is 5.15. The Kier molecular flexibility index (Phi) is 5.38. The van der Waals surface area contributed by atoms with Gasteiger partial charge in [0.25, 0.3) is 0 Å². The predicted molar refractivity (Wildman–Crippen MR) is 87.2 cm³/mol. The third kappa shape index (κ3) is 3.63. The Hall–Kier alpha value is 0.250. The van der Waals surface area contributed by atoms with Crippen molar-refractivity contribution >= 4 is 59.1 Å². The molecule has 2 aromatic rings. The minimum atomic E-state index is 0.276. The van der Waals surface area contributed by atoms with Crippen LogP contribution in [0.1, 0.15) is 17.2 Å². The van der Waals surface area contributed by atoms with Gasteiger partial charge in [-0.05, 0) is 84.5 Å². The van der Waals surface area contributed by atoms with Crippen molar-refractivity contribution in [1.82, 2.24) is 10.3 Å². The molecule has 0 bridgehead atoms. The Morgan fingerprint density at radius 1 is 1.28 bits per heavy atom. The van der Waals surface area contributed by atoms with Gasteiger partial charge in [0.15, 0.2) is 0 Å². The molecule has 0 saturated heterocycles. The second kappa shape index (κ2) is 6.61. The van der Waals surface area contributed by atoms with Gasteiger partial charge in [0.1, 0.15) is 0 Å². The molecule has 0 spiro atoms. The molecular weight excluding hydrogens is 444 g/mol. The highest BCUT2D eigenvalue weighted by atomic mass is 79.9. The summed E-state index contributed by atoms with van der Waals surface area (Å²) in [5, 5.41) is 3.35. The van der Waals surface area contributed by atoms with Crippen molar-refractivity contribution in [2.45, 2.75) is 12.5 Å². The van der Waals surface area contributed by atoms with Crippen LogP contribution in [-0.2, 0) is 6.42 Å². The molecule has 1 N–H and O–H groups in total. The Balaban J connectivity index is 2.22. The molecule has 0 radical (unpaired) electrons. The molecule has 0 fully saturated rings. The van der Waals surface area contributed by atoms with Gasteiger partial charge in [0.05, 0.1) is 7.57 Å². The lowest BCUT2D eigenvalue weighted by Gasteiger charge is -2.15. The quantitative estimate of drug-likeness (QED) is 0.708. The number of nitrogens with zero attached hydrogens (tertiary/aromatic N) is 1. The summed E-state index contributed by atoms with van der Waals surface area (Å²) < 4.78 is 3.31. The third-order valence-electron chi connectivity index (χ3n) is 2.61. The monoisotopic (exact) mass is 452 g/mol. The van der Waals surface area contributed by atoms with E-state index in [0.29, 0.717) is 0 Å². The number of hydrogen-bond donors (Lipinski definition) is 1. The van der Waals surface area contributed by atoms with Crippen LogP contribution in [0, 0.1) is 0 Å². The molecule has 0 aliphatic heterocycles. The van der Waals surface area contributed by atoms with Crippen molar-refractivity contribution in [1.29, 1.82) is 0 Å². The summed E-state index contributed by atoms with van der Waals surface area (Å²) >= 11 is 12.3. The summed E-state index contributed by atoms with van der Waals surface area (Å²) in [7, 11) is 1.98. The lowest BCUT2D eigenvalue weighted by atomic mass is 10.0. The van der Waals surface area contributed by atoms with Gasteiger partial charge < -0.3 is 5.32 Å². The third-order valence-corrected chi connectivity index (χ3v) is 5.43. The molecular formula is C12H11Br3N2S. The van der Waals surface area contributed by atoms with Gasteiger partial charge in [0, 0.05) is 22.9 Å². The second-order valence-corrected chi connectivity index (χ2v) is 8.50. The molecule has 0 aliphatic rings. The number of hydrogen-bond acceptors (Lipinski definition) is 3. The van der Waals surface area contributed by atoms with Crippen molar-refractivity contribution in [3.05, 3.63) is 47.7 Å². The number of likely N-dealkylation sites (N-methyl/N-ethyl adjacent to an activating group) is 1. The molecule has 2 rings (SSSR count). The van der Waals surface area contributed by atoms with E-state index in [1.54, 1.807) is 17.5 Å². The molecule has 2 aromatic heterocycles. The molecule has 1 atom stereocenters. The van der Waals surface area contributed by atoms with Crippen LogP contribution in [0.3, 0.4) is 0 Å². The van der Waals surface area contributed by atoms with Crippen molar-refractivity contribution in [2.24, 2.45) is 0 Å². The molecule has 0 saturated carbocycles. The summed E-state index contributed by atoms with van der Waals surface area (Å²) in [4.78, 5) is 4.20. The first-order valence-electron chi connectivity index (χ1n) is 5.31. The fraction of sp³-hybridized carbons (Fsp3) is 0.250. The van der Waals surface area contributed by atoms with Gasteiger partial charge in [-0.25, -0.2) is 0 Å². The SMILES string of the molecule is CNC(Cc1cncc(Br)c1)c1cc(Br)sc1Br. The van der Waals surface area contributed by atoms with Crippen molar-refractivity contribution in [3.63, 3.8) is 0 Å². The summed E-state index contributed by atoms with van der Waals surface area (Å²) in [5.74, 6) is 0. The molecule has 0 amide bonds. The molecule has 18 heavy (non-hydrogen) atoms. The summed E-state index contributed by atoms with van der Waals surface area (Å²) in [6.45, 7) is 0. The summed E-state index contributed by atoms with van der Waals surface area (Å²) in [5.41, 5.74) is 2.48. The second-order valence-electron chi connectivity index (χ2n) is 3.84. The van der Waals surface area contributed by atoms with Crippen LogP contribution in [-0.4, -0.2) is 12.0 Å². The number of rotatable bonds is 4. The minimum Gasteiger partial charge on any atom is -0.313 e. The first-order valence-corrected chi connectivity index (χ1v) is 8.51. The van der Waals surface area contributed by atoms with E-state index in [-0.39, 0.29) is 6.04 Å². The Morgan fingerprint density at radius 2 is 2.06 bits per heavy atom. The largest absolute Gasteiger partial charge is 0.313 e. The van der Waals surface area contributed by atoms with Gasteiger partial charge in [-0.1, -0.05) is 0 Å². The highest BCUT2D eigenvalue weighted by Crippen LogP contribution is 2.36. The summed E-state index contributed by atoms with van der Waals surface area (Å²) in [6.07, 6.45) is 4.62. The van der Waals surface area contributed by atoms with Crippen molar-refractivity contribution in [3.8, 4) is 0 Å². The number of halogens is 3. The summed E-state index contributed by atoms with van der Waals surface area (Å²) in [6, 6.07) is 4.53. The molecule has 1 unspecified atom stereocenters. The predicted octanol–water partition coefficient (Wildman–Crippen LogP) is 4.93. The van der Waals surface area contributed by atoms with E-state index in [2.05, 4.69) is 70.2 Å². The van der Waals surface area contributed by atoms with Gasteiger partial charge in [-0.15, -0.1) is 11.3 Å². The first kappa shape index (κ1) is 14.7. The van der Waals surface area contributed by atoms with E-state index in [4.69, 9.17) is 0 Å². The lowest BCUT2D eigenvalue weighted by Crippen LogP contribution is -2.18. The highest BCUT2D eigenvalue weighted by molar-refractivity contribution is 9.12. The molecule has 6 heteroatoms. The highest BCUT2D eigenvalue weighted by Gasteiger charge is 2.16. The smallest absolute Gasteiger partial charge is 0.0758 e. The van der Waals surface area contributed by atoms with Crippen LogP contribution < -0.4 is 5.32 Å². The molecule has 0 aromatic carbocycles. The van der Waals surface area contributed by atoms with Crippen LogP contribution in [0.25, 0.3) is 0 Å². The fourth-order valence-electron chi connectivity index (χ4n) is 1.76. The zero-order valence-electron chi connectivity index (χ0n) is 9.58. The van der Waals surface area contributed by atoms with E-state index in [1.807, 2.05) is 13.2 Å².